The number of carbonyl (C=O) groups is 2. The number of benzene rings is 1. The van der Waals surface area contributed by atoms with E-state index in [4.69, 9.17) is 0 Å². The lowest BCUT2D eigenvalue weighted by Gasteiger charge is -2.43. The van der Waals surface area contributed by atoms with E-state index >= 15 is 0 Å². The summed E-state index contributed by atoms with van der Waals surface area (Å²) in [5, 5.41) is 3.03. The fraction of sp³-hybridized carbons (Fsp3) is 0.480. The van der Waals surface area contributed by atoms with Gasteiger partial charge in [-0.05, 0) is 47.9 Å². The van der Waals surface area contributed by atoms with E-state index in [2.05, 4.69) is 22.4 Å². The van der Waals surface area contributed by atoms with Crippen molar-refractivity contribution in [3.8, 4) is 0 Å². The summed E-state index contributed by atoms with van der Waals surface area (Å²) in [4.78, 5) is 33.2. The van der Waals surface area contributed by atoms with Crippen LogP contribution in [0, 0.1) is 11.8 Å². The summed E-state index contributed by atoms with van der Waals surface area (Å²) in [5.41, 5.74) is 2.72. The minimum Gasteiger partial charge on any atom is -0.342 e. The van der Waals surface area contributed by atoms with E-state index in [0.29, 0.717) is 5.69 Å². The van der Waals surface area contributed by atoms with Crippen LogP contribution >= 0.6 is 0 Å². The van der Waals surface area contributed by atoms with E-state index in [-0.39, 0.29) is 35.1 Å². The number of amides is 2. The molecule has 1 saturated heterocycles. The Morgan fingerprint density at radius 2 is 1.70 bits per heavy atom. The molecule has 1 aliphatic carbocycles. The van der Waals surface area contributed by atoms with Gasteiger partial charge in [0.2, 0.25) is 11.8 Å². The fourth-order valence-corrected chi connectivity index (χ4v) is 6.20. The zero-order valence-corrected chi connectivity index (χ0v) is 20.1. The number of aromatic nitrogens is 1. The maximum Gasteiger partial charge on any atom is 0.246 e. The number of nitrogens with zero attached hydrogens (tertiary/aromatic N) is 2. The molecule has 2 heterocycles. The predicted molar refractivity (Wildman–Crippen MR) is 125 cm³/mol. The summed E-state index contributed by atoms with van der Waals surface area (Å²) in [5.74, 6) is -0.376. The summed E-state index contributed by atoms with van der Waals surface area (Å²) in [6.45, 7) is 4.01. The first kappa shape index (κ1) is 23.4. The quantitative estimate of drug-likeness (QED) is 0.672. The highest BCUT2D eigenvalue weighted by molar-refractivity contribution is 7.90. The molecular formula is C25H31N3O4S. The summed E-state index contributed by atoms with van der Waals surface area (Å²) in [6.07, 6.45) is 5.59. The lowest BCUT2D eigenvalue weighted by Crippen LogP contribution is -2.66. The van der Waals surface area contributed by atoms with Crippen LogP contribution in [0.5, 0.6) is 0 Å². The first-order valence-corrected chi connectivity index (χ1v) is 13.4. The number of rotatable bonds is 7. The van der Waals surface area contributed by atoms with E-state index in [1.165, 1.54) is 23.4 Å². The van der Waals surface area contributed by atoms with Crippen LogP contribution in [0.4, 0.5) is 0 Å². The molecule has 0 radical (unpaired) electrons. The monoisotopic (exact) mass is 469 g/mol. The maximum absolute atomic E-state index is 13.9. The van der Waals surface area contributed by atoms with Gasteiger partial charge in [0, 0.05) is 12.5 Å². The van der Waals surface area contributed by atoms with Crippen molar-refractivity contribution in [2.75, 3.05) is 6.26 Å². The minimum atomic E-state index is -3.53. The third-order valence-electron chi connectivity index (χ3n) is 7.07. The van der Waals surface area contributed by atoms with Gasteiger partial charge in [0.05, 0.1) is 17.1 Å². The Morgan fingerprint density at radius 1 is 1.06 bits per heavy atom. The molecule has 1 N–H and O–H groups in total. The summed E-state index contributed by atoms with van der Waals surface area (Å²) in [6, 6.07) is 9.91. The van der Waals surface area contributed by atoms with Gasteiger partial charge < -0.3 is 10.2 Å². The second kappa shape index (κ2) is 9.25. The van der Waals surface area contributed by atoms with Crippen molar-refractivity contribution in [3.05, 3.63) is 59.4 Å². The number of nitrogens with one attached hydrogen (secondary N) is 1. The largest absolute Gasteiger partial charge is 0.342 e. The van der Waals surface area contributed by atoms with Gasteiger partial charge in [-0.25, -0.2) is 8.42 Å². The molecule has 2 aliphatic rings. The molecular weight excluding hydrogens is 438 g/mol. The van der Waals surface area contributed by atoms with Gasteiger partial charge >= 0.3 is 0 Å². The highest BCUT2D eigenvalue weighted by Crippen LogP contribution is 2.33. The highest BCUT2D eigenvalue weighted by atomic mass is 32.2. The number of hydrogen-bond acceptors (Lipinski definition) is 5. The molecule has 1 aromatic carbocycles. The topological polar surface area (TPSA) is 96.4 Å². The van der Waals surface area contributed by atoms with Crippen LogP contribution in [-0.2, 0) is 38.8 Å². The normalized spacial score (nSPS) is 21.4. The molecule has 33 heavy (non-hydrogen) atoms. The number of pyridine rings is 1. The number of sulfone groups is 1. The summed E-state index contributed by atoms with van der Waals surface area (Å²) >= 11 is 0. The lowest BCUT2D eigenvalue weighted by molar-refractivity contribution is -0.154. The van der Waals surface area contributed by atoms with E-state index in [0.717, 1.165) is 31.9 Å². The van der Waals surface area contributed by atoms with Crippen LogP contribution in [0.3, 0.4) is 0 Å². The molecule has 0 unspecified atom stereocenters. The highest BCUT2D eigenvalue weighted by Gasteiger charge is 2.47. The van der Waals surface area contributed by atoms with Crippen LogP contribution in [0.25, 0.3) is 0 Å². The van der Waals surface area contributed by atoms with Crippen LogP contribution in [-0.4, -0.2) is 48.5 Å². The van der Waals surface area contributed by atoms with Crippen molar-refractivity contribution in [2.45, 2.75) is 63.1 Å². The predicted octanol–water partition coefficient (Wildman–Crippen LogP) is 2.53. The molecule has 2 atom stereocenters. The van der Waals surface area contributed by atoms with Crippen molar-refractivity contribution in [1.29, 1.82) is 0 Å². The number of fused-ring (bicyclic) bond motifs is 1. The Kier molecular flexibility index (Phi) is 6.56. The molecule has 1 aliphatic heterocycles. The second-order valence-corrected chi connectivity index (χ2v) is 11.1. The van der Waals surface area contributed by atoms with Crippen LogP contribution in [0.15, 0.2) is 47.5 Å². The minimum absolute atomic E-state index is 0.00711. The Morgan fingerprint density at radius 3 is 2.27 bits per heavy atom. The lowest BCUT2D eigenvalue weighted by atomic mass is 9.86. The van der Waals surface area contributed by atoms with Gasteiger partial charge in [-0.2, -0.15) is 0 Å². The molecule has 176 valence electrons. The maximum atomic E-state index is 13.9. The molecule has 4 rings (SSSR count). The average Bonchev–Trinajstić information content (AvgIpc) is 3.22. The molecule has 2 amide bonds. The van der Waals surface area contributed by atoms with Gasteiger partial charge in [0.15, 0.2) is 9.84 Å². The van der Waals surface area contributed by atoms with E-state index in [9.17, 15) is 18.0 Å². The summed E-state index contributed by atoms with van der Waals surface area (Å²) in [7, 11) is -3.53. The van der Waals surface area contributed by atoms with Crippen LogP contribution in [0.1, 0.15) is 43.5 Å². The molecule has 2 aromatic rings. The molecule has 0 spiro atoms. The van der Waals surface area contributed by atoms with E-state index in [1.54, 1.807) is 11.0 Å². The third kappa shape index (κ3) is 4.53. The van der Waals surface area contributed by atoms with Crippen molar-refractivity contribution < 1.29 is 18.0 Å². The number of piperazine rings is 1. The van der Waals surface area contributed by atoms with Crippen molar-refractivity contribution in [2.24, 2.45) is 11.8 Å². The zero-order valence-electron chi connectivity index (χ0n) is 19.3. The smallest absolute Gasteiger partial charge is 0.246 e. The van der Waals surface area contributed by atoms with Gasteiger partial charge in [0.25, 0.3) is 0 Å². The first-order chi connectivity index (χ1) is 15.7. The molecule has 1 fully saturated rings. The van der Waals surface area contributed by atoms with Crippen LogP contribution in [0.2, 0.25) is 0 Å². The second-order valence-electron chi connectivity index (χ2n) is 9.13. The number of carbonyl (C=O) groups excluding carboxylic acids is 2. The van der Waals surface area contributed by atoms with Crippen molar-refractivity contribution in [1.82, 2.24) is 15.2 Å². The molecule has 8 heteroatoms. The van der Waals surface area contributed by atoms with E-state index < -0.39 is 21.9 Å². The van der Waals surface area contributed by atoms with Crippen molar-refractivity contribution >= 4 is 21.7 Å². The Balaban J connectivity index is 1.69. The van der Waals surface area contributed by atoms with E-state index in [1.807, 2.05) is 26.0 Å². The summed E-state index contributed by atoms with van der Waals surface area (Å²) < 4.78 is 24.7. The van der Waals surface area contributed by atoms with Gasteiger partial charge in [-0.1, -0.05) is 51.0 Å². The van der Waals surface area contributed by atoms with Gasteiger partial charge in [-0.3, -0.25) is 14.6 Å². The zero-order chi connectivity index (χ0) is 23.8. The van der Waals surface area contributed by atoms with Crippen LogP contribution < -0.4 is 5.32 Å². The average molecular weight is 470 g/mol. The first-order valence-electron chi connectivity index (χ1n) is 11.6. The van der Waals surface area contributed by atoms with Gasteiger partial charge in [-0.15, -0.1) is 0 Å². The Labute approximate surface area is 195 Å². The molecule has 7 nitrogen and oxygen atoms in total. The SMILES string of the molecule is CCC(CC)[C@@H]1C(=O)N[C@H](C2Cc3ccccc3C2)C(=O)N1Cc1ncccc1S(C)(=O)=O. The molecule has 0 saturated carbocycles. The van der Waals surface area contributed by atoms with Gasteiger partial charge in [0.1, 0.15) is 12.1 Å². The standard InChI is InChI=1S/C25H31N3O4S/c1-4-16(5-2)23-24(29)27-22(19-13-17-9-6-7-10-18(17)14-19)25(30)28(23)15-20-21(33(3,31)32)11-8-12-26-20/h6-12,16,19,22-23H,4-5,13-15H2,1-3H3,(H,27,29)/t22-,23-/m1/s1. The third-order valence-corrected chi connectivity index (χ3v) is 8.24. The molecule has 0 bridgehead atoms. The van der Waals surface area contributed by atoms with Crippen molar-refractivity contribution in [3.63, 3.8) is 0 Å². The number of hydrogen-bond donors (Lipinski definition) is 1. The Hall–Kier alpha value is -2.74. The fourth-order valence-electron chi connectivity index (χ4n) is 5.33. The molecule has 1 aromatic heterocycles. The Bertz CT molecular complexity index is 1130.